The molecule has 1 amide bonds. The normalized spacial score (nSPS) is 24.6. The maximum atomic E-state index is 12.4. The molecule has 0 bridgehead atoms. The molecule has 1 saturated heterocycles. The minimum atomic E-state index is 0.0829. The molecular formula is C22H28N4O2. The maximum Gasteiger partial charge on any atom is 0.224 e. The highest BCUT2D eigenvalue weighted by atomic mass is 16.5. The lowest BCUT2D eigenvalue weighted by molar-refractivity contribution is -0.117. The van der Waals surface area contributed by atoms with Crippen LogP contribution in [0.3, 0.4) is 0 Å². The largest absolute Gasteiger partial charge is 0.378 e. The molecule has 6 nitrogen and oxygen atoms in total. The molecule has 148 valence electrons. The SMILES string of the molecule is CC(=O)N1c2ccc(N3CCOCC3)cc2[C@H](Nc2cccnc2)[C@@H](C)[C@@H]1C. The highest BCUT2D eigenvalue weighted by molar-refractivity contribution is 5.94. The summed E-state index contributed by atoms with van der Waals surface area (Å²) in [4.78, 5) is 21.0. The van der Waals surface area contributed by atoms with Crippen molar-refractivity contribution in [2.75, 3.05) is 41.4 Å². The highest BCUT2D eigenvalue weighted by Crippen LogP contribution is 2.44. The number of amides is 1. The Hall–Kier alpha value is -2.60. The van der Waals surface area contributed by atoms with E-state index >= 15 is 0 Å². The summed E-state index contributed by atoms with van der Waals surface area (Å²) in [5, 5.41) is 3.66. The summed E-state index contributed by atoms with van der Waals surface area (Å²) in [5.41, 5.74) is 4.33. The maximum absolute atomic E-state index is 12.4. The third-order valence-corrected chi connectivity index (χ3v) is 6.00. The number of aromatic nitrogens is 1. The van der Waals surface area contributed by atoms with E-state index in [4.69, 9.17) is 4.74 Å². The lowest BCUT2D eigenvalue weighted by Crippen LogP contribution is -2.48. The van der Waals surface area contributed by atoms with Crippen LogP contribution in [-0.4, -0.2) is 43.2 Å². The zero-order valence-corrected chi connectivity index (χ0v) is 16.8. The third-order valence-electron chi connectivity index (χ3n) is 6.00. The third kappa shape index (κ3) is 3.44. The van der Waals surface area contributed by atoms with Gasteiger partial charge in [-0.3, -0.25) is 9.78 Å². The second-order valence-corrected chi connectivity index (χ2v) is 7.69. The smallest absolute Gasteiger partial charge is 0.224 e. The van der Waals surface area contributed by atoms with E-state index in [1.54, 1.807) is 13.1 Å². The van der Waals surface area contributed by atoms with Gasteiger partial charge >= 0.3 is 0 Å². The fourth-order valence-electron chi connectivity index (χ4n) is 4.34. The monoisotopic (exact) mass is 380 g/mol. The van der Waals surface area contributed by atoms with Crippen LogP contribution in [0.5, 0.6) is 0 Å². The van der Waals surface area contributed by atoms with E-state index in [0.717, 1.165) is 43.2 Å². The summed E-state index contributed by atoms with van der Waals surface area (Å²) in [7, 11) is 0. The molecule has 1 aromatic carbocycles. The number of nitrogens with zero attached hydrogens (tertiary/aromatic N) is 3. The Morgan fingerprint density at radius 3 is 2.68 bits per heavy atom. The summed E-state index contributed by atoms with van der Waals surface area (Å²) < 4.78 is 5.50. The number of ether oxygens (including phenoxy) is 1. The Morgan fingerprint density at radius 1 is 1.21 bits per heavy atom. The van der Waals surface area contributed by atoms with Crippen LogP contribution in [0, 0.1) is 5.92 Å². The van der Waals surface area contributed by atoms with E-state index < -0.39 is 0 Å². The van der Waals surface area contributed by atoms with Gasteiger partial charge in [0.2, 0.25) is 5.91 Å². The summed E-state index contributed by atoms with van der Waals surface area (Å²) >= 11 is 0. The van der Waals surface area contributed by atoms with Crippen LogP contribution >= 0.6 is 0 Å². The predicted molar refractivity (Wildman–Crippen MR) is 112 cm³/mol. The van der Waals surface area contributed by atoms with Gasteiger partial charge in [0.1, 0.15) is 0 Å². The second-order valence-electron chi connectivity index (χ2n) is 7.69. The van der Waals surface area contributed by atoms with Crippen molar-refractivity contribution < 1.29 is 9.53 Å². The van der Waals surface area contributed by atoms with Gasteiger partial charge in [-0.2, -0.15) is 0 Å². The number of anilines is 3. The molecule has 6 heteroatoms. The zero-order valence-electron chi connectivity index (χ0n) is 16.8. The number of morpholine rings is 1. The lowest BCUT2D eigenvalue weighted by Gasteiger charge is -2.44. The molecule has 1 fully saturated rings. The van der Waals surface area contributed by atoms with Crippen LogP contribution in [-0.2, 0) is 9.53 Å². The predicted octanol–water partition coefficient (Wildman–Crippen LogP) is 3.46. The number of carbonyl (C=O) groups excluding carboxylic acids is 1. The molecule has 0 unspecified atom stereocenters. The average Bonchev–Trinajstić information content (AvgIpc) is 2.72. The van der Waals surface area contributed by atoms with Crippen molar-refractivity contribution in [2.24, 2.45) is 5.92 Å². The number of hydrogen-bond donors (Lipinski definition) is 1. The Labute approximate surface area is 166 Å². The molecule has 0 spiro atoms. The van der Waals surface area contributed by atoms with Crippen molar-refractivity contribution in [2.45, 2.75) is 32.9 Å². The van der Waals surface area contributed by atoms with Crippen LogP contribution in [0.15, 0.2) is 42.7 Å². The number of nitrogens with one attached hydrogen (secondary N) is 1. The first kappa shape index (κ1) is 18.7. The Balaban J connectivity index is 1.76. The number of rotatable bonds is 3. The number of benzene rings is 1. The average molecular weight is 380 g/mol. The first-order valence-corrected chi connectivity index (χ1v) is 9.99. The van der Waals surface area contributed by atoms with Gasteiger partial charge in [-0.1, -0.05) is 6.92 Å². The van der Waals surface area contributed by atoms with Crippen LogP contribution in [0.2, 0.25) is 0 Å². The summed E-state index contributed by atoms with van der Waals surface area (Å²) in [5.74, 6) is 0.330. The molecular weight excluding hydrogens is 352 g/mol. The van der Waals surface area contributed by atoms with E-state index in [1.165, 1.54) is 5.69 Å². The van der Waals surface area contributed by atoms with Crippen molar-refractivity contribution in [1.29, 1.82) is 0 Å². The molecule has 1 N–H and O–H groups in total. The molecule has 2 aliphatic heterocycles. The molecule has 0 aliphatic carbocycles. The molecule has 3 atom stereocenters. The summed E-state index contributed by atoms with van der Waals surface area (Å²) in [6.07, 6.45) is 3.63. The van der Waals surface area contributed by atoms with Crippen LogP contribution in [0.1, 0.15) is 32.4 Å². The first-order valence-electron chi connectivity index (χ1n) is 9.99. The minimum Gasteiger partial charge on any atom is -0.378 e. The minimum absolute atomic E-state index is 0.0829. The van der Waals surface area contributed by atoms with Gasteiger partial charge in [0.05, 0.1) is 24.9 Å². The van der Waals surface area contributed by atoms with Crippen molar-refractivity contribution in [3.63, 3.8) is 0 Å². The Bertz CT molecular complexity index is 836. The van der Waals surface area contributed by atoms with Gasteiger partial charge in [-0.25, -0.2) is 0 Å². The van der Waals surface area contributed by atoms with Crippen molar-refractivity contribution in [3.8, 4) is 0 Å². The number of carbonyl (C=O) groups is 1. The Morgan fingerprint density at radius 2 is 2.00 bits per heavy atom. The van der Waals surface area contributed by atoms with Crippen LogP contribution < -0.4 is 15.1 Å². The van der Waals surface area contributed by atoms with E-state index in [0.29, 0.717) is 0 Å². The Kier molecular flexibility index (Phi) is 5.22. The molecule has 28 heavy (non-hydrogen) atoms. The van der Waals surface area contributed by atoms with Gasteiger partial charge in [0.25, 0.3) is 0 Å². The van der Waals surface area contributed by atoms with Crippen LogP contribution in [0.25, 0.3) is 0 Å². The molecule has 4 rings (SSSR count). The van der Waals surface area contributed by atoms with Crippen molar-refractivity contribution in [3.05, 3.63) is 48.3 Å². The molecule has 2 aromatic rings. The molecule has 0 saturated carbocycles. The molecule has 3 heterocycles. The number of pyridine rings is 1. The highest BCUT2D eigenvalue weighted by Gasteiger charge is 2.38. The van der Waals surface area contributed by atoms with E-state index in [9.17, 15) is 4.79 Å². The van der Waals surface area contributed by atoms with E-state index in [-0.39, 0.29) is 23.9 Å². The summed E-state index contributed by atoms with van der Waals surface area (Å²) in [6.45, 7) is 9.27. The topological polar surface area (TPSA) is 57.7 Å². The molecule has 2 aliphatic rings. The fraction of sp³-hybridized carbons (Fsp3) is 0.455. The van der Waals surface area contributed by atoms with Gasteiger partial charge in [-0.05, 0) is 37.3 Å². The van der Waals surface area contributed by atoms with Crippen LogP contribution in [0.4, 0.5) is 17.1 Å². The second kappa shape index (κ2) is 7.80. The van der Waals surface area contributed by atoms with Crippen molar-refractivity contribution in [1.82, 2.24) is 4.98 Å². The fourth-order valence-corrected chi connectivity index (χ4v) is 4.34. The van der Waals surface area contributed by atoms with Gasteiger partial charge in [-0.15, -0.1) is 0 Å². The molecule has 0 radical (unpaired) electrons. The first-order chi connectivity index (χ1) is 13.6. The van der Waals surface area contributed by atoms with Gasteiger partial charge in [0, 0.05) is 61.3 Å². The molecule has 1 aromatic heterocycles. The van der Waals surface area contributed by atoms with Gasteiger partial charge in [0.15, 0.2) is 0 Å². The van der Waals surface area contributed by atoms with E-state index in [2.05, 4.69) is 47.2 Å². The zero-order chi connectivity index (χ0) is 19.7. The standard InChI is InChI=1S/C22H28N4O2/c1-15-16(2)26(17(3)27)21-7-6-19(25-9-11-28-12-10-25)13-20(21)22(15)24-18-5-4-8-23-14-18/h4-8,13-16,22,24H,9-12H2,1-3H3/t15-,16-,22+/m0/s1. The van der Waals surface area contributed by atoms with E-state index in [1.807, 2.05) is 23.2 Å². The number of hydrogen-bond acceptors (Lipinski definition) is 5. The quantitative estimate of drug-likeness (QED) is 0.884. The summed E-state index contributed by atoms with van der Waals surface area (Å²) in [6, 6.07) is 10.7. The number of fused-ring (bicyclic) bond motifs is 1. The lowest BCUT2D eigenvalue weighted by atomic mass is 9.82. The van der Waals surface area contributed by atoms with Gasteiger partial charge < -0.3 is 19.9 Å². The van der Waals surface area contributed by atoms with Crippen molar-refractivity contribution >= 4 is 23.0 Å².